The summed E-state index contributed by atoms with van der Waals surface area (Å²) in [7, 11) is 5.75. The molecule has 14 nitrogen and oxygen atoms in total. The van der Waals surface area contributed by atoms with E-state index in [0.29, 0.717) is 0 Å². The van der Waals surface area contributed by atoms with Crippen molar-refractivity contribution in [2.75, 3.05) is 28.4 Å². The molecule has 0 aromatic heterocycles. The molecule has 0 spiro atoms. The van der Waals surface area contributed by atoms with Crippen LogP contribution in [-0.4, -0.2) is 88.1 Å². The Morgan fingerprint density at radius 2 is 0.781 bits per heavy atom. The number of hydrogen-bond acceptors (Lipinski definition) is 10. The van der Waals surface area contributed by atoms with Crippen LogP contribution in [0.3, 0.4) is 0 Å². The van der Waals surface area contributed by atoms with Crippen molar-refractivity contribution >= 4 is 0 Å². The van der Waals surface area contributed by atoms with Gasteiger partial charge in [-0.1, -0.05) is 10.2 Å². The van der Waals surface area contributed by atoms with Crippen LogP contribution in [0.1, 0.15) is 27.7 Å². The summed E-state index contributed by atoms with van der Waals surface area (Å²) in [6, 6.07) is -1.90. The zero-order valence-electron chi connectivity index (χ0n) is 19.4. The highest BCUT2D eigenvalue weighted by Gasteiger charge is 2.68. The van der Waals surface area contributed by atoms with Gasteiger partial charge in [0, 0.05) is 38.3 Å². The molecule has 3 aliphatic rings. The smallest absolute Gasteiger partial charge is 0.220 e. The molecule has 0 amide bonds. The number of hydrogen-bond donors (Lipinski definition) is 0. The Morgan fingerprint density at radius 3 is 0.938 bits per heavy atom. The summed E-state index contributed by atoms with van der Waals surface area (Å²) in [6.07, 6.45) is -3.69. The lowest BCUT2D eigenvalue weighted by Gasteiger charge is -2.61. The molecule has 180 valence electrons. The number of nitrogens with zero attached hydrogens (tertiary/aromatic N) is 6. The molecule has 2 saturated heterocycles. The summed E-state index contributed by atoms with van der Waals surface area (Å²) in [6.45, 7) is 6.53. The standard InChI is InChI=1S/C18H30N6O8/c1-15(25-5)16(2,26-6)30-12-10(22-24-20)14-13(9(21-23-19)11(12)29-15)31-17(3,27-7)18(4,28-8)32-14/h9-14H,1-8H3/t9?,10?,11-,12-,13+,14+,15+,16+,17-,18-. The summed E-state index contributed by atoms with van der Waals surface area (Å²) < 4.78 is 47.4. The van der Waals surface area contributed by atoms with Gasteiger partial charge in [-0.25, -0.2) is 0 Å². The molecule has 14 heteroatoms. The second-order valence-electron chi connectivity index (χ2n) is 8.32. The first kappa shape index (κ1) is 24.9. The second-order valence-corrected chi connectivity index (χ2v) is 8.32. The third-order valence-corrected chi connectivity index (χ3v) is 7.02. The predicted molar refractivity (Wildman–Crippen MR) is 107 cm³/mol. The van der Waals surface area contributed by atoms with Gasteiger partial charge in [-0.3, -0.25) is 0 Å². The Labute approximate surface area is 185 Å². The SMILES string of the molecule is CO[C@@]1(C)O[C@@H]2C(N=[N+]=[N-])[C@@H]3O[C@@](C)(OC)[C@](C)(OC)O[C@H]3C(N=[N+]=[N-])[C@H]2O[C@]1(C)OC. The highest BCUT2D eigenvalue weighted by Crippen LogP contribution is 2.50. The zero-order chi connectivity index (χ0) is 23.9. The molecule has 3 rings (SSSR count). The molecule has 0 aromatic carbocycles. The Bertz CT molecular complexity index is 709. The van der Waals surface area contributed by atoms with E-state index in [1.54, 1.807) is 27.7 Å². The molecule has 0 N–H and O–H groups in total. The van der Waals surface area contributed by atoms with Crippen molar-refractivity contribution in [3.63, 3.8) is 0 Å². The van der Waals surface area contributed by atoms with Crippen LogP contribution >= 0.6 is 0 Å². The van der Waals surface area contributed by atoms with Crippen LogP contribution in [0.4, 0.5) is 0 Å². The van der Waals surface area contributed by atoms with Crippen molar-refractivity contribution in [2.24, 2.45) is 10.2 Å². The first-order valence-electron chi connectivity index (χ1n) is 10.0. The molecular formula is C18H30N6O8. The minimum Gasteiger partial charge on any atom is -0.349 e. The largest absolute Gasteiger partial charge is 0.349 e. The Hall–Kier alpha value is -1.70. The molecule has 0 aromatic rings. The van der Waals surface area contributed by atoms with E-state index in [2.05, 4.69) is 20.1 Å². The quantitative estimate of drug-likeness (QED) is 0.331. The van der Waals surface area contributed by atoms with Crippen LogP contribution in [0.5, 0.6) is 0 Å². The molecule has 2 aliphatic heterocycles. The van der Waals surface area contributed by atoms with Crippen LogP contribution in [0.15, 0.2) is 10.2 Å². The number of fused-ring (bicyclic) bond motifs is 2. The van der Waals surface area contributed by atoms with Crippen LogP contribution in [0.25, 0.3) is 20.9 Å². The summed E-state index contributed by atoms with van der Waals surface area (Å²) in [5.41, 5.74) is 18.6. The van der Waals surface area contributed by atoms with E-state index in [0.717, 1.165) is 0 Å². The molecule has 3 fully saturated rings. The number of methoxy groups -OCH3 is 4. The monoisotopic (exact) mass is 458 g/mol. The summed E-state index contributed by atoms with van der Waals surface area (Å²) in [5, 5.41) is 7.87. The molecule has 32 heavy (non-hydrogen) atoms. The van der Waals surface area contributed by atoms with E-state index in [1.165, 1.54) is 28.4 Å². The fraction of sp³-hybridized carbons (Fsp3) is 1.00. The van der Waals surface area contributed by atoms with E-state index in [1.807, 2.05) is 0 Å². The average Bonchev–Trinajstić information content (AvgIpc) is 2.78. The second kappa shape index (κ2) is 8.58. The van der Waals surface area contributed by atoms with Crippen LogP contribution in [-0.2, 0) is 37.9 Å². The van der Waals surface area contributed by atoms with Crippen molar-refractivity contribution < 1.29 is 37.9 Å². The van der Waals surface area contributed by atoms with Crippen molar-refractivity contribution in [2.45, 2.75) is 87.3 Å². The van der Waals surface area contributed by atoms with E-state index in [-0.39, 0.29) is 0 Å². The molecule has 2 heterocycles. The predicted octanol–water partition coefficient (Wildman–Crippen LogP) is 2.38. The maximum atomic E-state index is 9.31. The molecule has 1 aliphatic carbocycles. The van der Waals surface area contributed by atoms with Gasteiger partial charge in [-0.2, -0.15) is 0 Å². The van der Waals surface area contributed by atoms with Crippen LogP contribution in [0, 0.1) is 0 Å². The Balaban J connectivity index is 2.16. The Kier molecular flexibility index (Phi) is 6.68. The molecular weight excluding hydrogens is 428 g/mol. The third kappa shape index (κ3) is 3.44. The number of rotatable bonds is 6. The molecule has 2 unspecified atom stereocenters. The van der Waals surface area contributed by atoms with Gasteiger partial charge in [-0.15, -0.1) is 0 Å². The number of ether oxygens (including phenoxy) is 8. The van der Waals surface area contributed by atoms with Gasteiger partial charge in [0.2, 0.25) is 23.1 Å². The molecule has 0 radical (unpaired) electrons. The van der Waals surface area contributed by atoms with Gasteiger partial charge in [0.25, 0.3) is 0 Å². The average molecular weight is 458 g/mol. The lowest BCUT2D eigenvalue weighted by molar-refractivity contribution is -0.486. The first-order valence-corrected chi connectivity index (χ1v) is 10.0. The molecule has 0 bridgehead atoms. The van der Waals surface area contributed by atoms with E-state index >= 15 is 0 Å². The first-order chi connectivity index (χ1) is 15.0. The lowest BCUT2D eigenvalue weighted by Crippen LogP contribution is -2.78. The van der Waals surface area contributed by atoms with Crippen LogP contribution < -0.4 is 0 Å². The lowest BCUT2D eigenvalue weighted by atomic mass is 9.78. The highest BCUT2D eigenvalue weighted by molar-refractivity contribution is 5.14. The minimum absolute atomic E-state index is 0.924. The maximum Gasteiger partial charge on any atom is 0.220 e. The van der Waals surface area contributed by atoms with Crippen molar-refractivity contribution in [1.29, 1.82) is 0 Å². The van der Waals surface area contributed by atoms with E-state index < -0.39 is 59.6 Å². The van der Waals surface area contributed by atoms with Gasteiger partial charge in [0.05, 0.1) is 36.5 Å². The third-order valence-electron chi connectivity index (χ3n) is 7.02. The maximum absolute atomic E-state index is 9.31. The van der Waals surface area contributed by atoms with Crippen LogP contribution in [0.2, 0.25) is 0 Å². The van der Waals surface area contributed by atoms with Crippen molar-refractivity contribution in [3.05, 3.63) is 20.9 Å². The number of azide groups is 2. The highest BCUT2D eigenvalue weighted by atomic mass is 16.8. The molecule has 1 saturated carbocycles. The van der Waals surface area contributed by atoms with Crippen molar-refractivity contribution in [3.8, 4) is 0 Å². The summed E-state index contributed by atoms with van der Waals surface area (Å²) in [4.78, 5) is 5.96. The topological polar surface area (TPSA) is 171 Å². The minimum atomic E-state index is -1.39. The molecule has 10 atom stereocenters. The Morgan fingerprint density at radius 1 is 0.562 bits per heavy atom. The van der Waals surface area contributed by atoms with Gasteiger partial charge in [0.1, 0.15) is 0 Å². The normalized spacial score (nSPS) is 50.4. The van der Waals surface area contributed by atoms with Gasteiger partial charge < -0.3 is 37.9 Å². The zero-order valence-corrected chi connectivity index (χ0v) is 19.4. The van der Waals surface area contributed by atoms with E-state index in [9.17, 15) is 11.1 Å². The summed E-state index contributed by atoms with van der Waals surface area (Å²) >= 11 is 0. The van der Waals surface area contributed by atoms with E-state index in [4.69, 9.17) is 37.9 Å². The summed E-state index contributed by atoms with van der Waals surface area (Å²) in [5.74, 6) is -5.55. The fourth-order valence-corrected chi connectivity index (χ4v) is 4.48. The van der Waals surface area contributed by atoms with Gasteiger partial charge in [-0.05, 0) is 38.8 Å². The van der Waals surface area contributed by atoms with Gasteiger partial charge in [0.15, 0.2) is 0 Å². The fourth-order valence-electron chi connectivity index (χ4n) is 4.48. The van der Waals surface area contributed by atoms with Gasteiger partial charge >= 0.3 is 0 Å². The van der Waals surface area contributed by atoms with Crippen molar-refractivity contribution in [1.82, 2.24) is 0 Å².